The molecule has 4 atom stereocenters. The zero-order valence-corrected chi connectivity index (χ0v) is 19.4. The molecule has 1 aliphatic heterocycles. The van der Waals surface area contributed by atoms with E-state index in [4.69, 9.17) is 15.5 Å². The van der Waals surface area contributed by atoms with Crippen LogP contribution in [0.25, 0.3) is 21.9 Å². The fraction of sp³-hybridized carbons (Fsp3) is 0.400. The molecule has 35 heavy (non-hydrogen) atoms. The van der Waals surface area contributed by atoms with Gasteiger partial charge in [-0.25, -0.2) is 8.78 Å². The van der Waals surface area contributed by atoms with E-state index in [1.807, 2.05) is 6.92 Å². The number of hydrogen-bond donors (Lipinski definition) is 3. The number of fused-ring (bicyclic) bond motifs is 5. The third-order valence-electron chi connectivity index (χ3n) is 7.27. The number of piperidine rings is 1. The molecule has 1 aliphatic carbocycles. The molecule has 2 aliphatic rings. The Balaban J connectivity index is 1.50. The summed E-state index contributed by atoms with van der Waals surface area (Å²) in [6.45, 7) is 4.16. The number of aryl methyl sites for hydroxylation is 1. The number of nitrogens with one attached hydrogen (secondary N) is 1. The van der Waals surface area contributed by atoms with Gasteiger partial charge >= 0.3 is 6.01 Å². The third-order valence-corrected chi connectivity index (χ3v) is 7.27. The minimum atomic E-state index is -1.04. The Morgan fingerprint density at radius 1 is 1.26 bits per heavy atom. The second-order valence-corrected chi connectivity index (χ2v) is 9.54. The molecule has 0 spiro atoms. The van der Waals surface area contributed by atoms with E-state index in [0.29, 0.717) is 23.8 Å². The molecule has 10 heteroatoms. The number of anilines is 1. The number of aromatic nitrogens is 4. The number of pyridine rings is 1. The van der Waals surface area contributed by atoms with Crippen LogP contribution in [0.5, 0.6) is 11.8 Å². The molecule has 4 N–H and O–H groups in total. The molecule has 1 saturated heterocycles. The molecular weight excluding hydrogens is 454 g/mol. The lowest BCUT2D eigenvalue weighted by atomic mass is 10.0. The quantitative estimate of drug-likeness (QED) is 0.394. The number of aliphatic hydroxyl groups is 1. The van der Waals surface area contributed by atoms with Gasteiger partial charge in [-0.3, -0.25) is 4.98 Å². The maximum atomic E-state index is 14.5. The van der Waals surface area contributed by atoms with Gasteiger partial charge in [-0.2, -0.15) is 9.97 Å². The summed E-state index contributed by atoms with van der Waals surface area (Å²) in [6.07, 6.45) is 2.77. The lowest BCUT2D eigenvalue weighted by molar-refractivity contribution is 0.188. The first-order valence-electron chi connectivity index (χ1n) is 11.9. The fourth-order valence-corrected chi connectivity index (χ4v) is 5.58. The highest BCUT2D eigenvalue weighted by molar-refractivity contribution is 6.12. The highest BCUT2D eigenvalue weighted by atomic mass is 19.1. The average molecular weight is 481 g/mol. The van der Waals surface area contributed by atoms with Crippen molar-refractivity contribution in [2.45, 2.75) is 51.3 Å². The van der Waals surface area contributed by atoms with E-state index < -0.39 is 11.9 Å². The van der Waals surface area contributed by atoms with E-state index in [-0.39, 0.29) is 35.4 Å². The smallest absolute Gasteiger partial charge is 0.326 e. The summed E-state index contributed by atoms with van der Waals surface area (Å²) >= 11 is 0. The molecule has 2 bridgehead atoms. The van der Waals surface area contributed by atoms with Gasteiger partial charge in [0.1, 0.15) is 23.0 Å². The monoisotopic (exact) mass is 480 g/mol. The van der Waals surface area contributed by atoms with Crippen molar-refractivity contribution in [3.8, 4) is 11.8 Å². The lowest BCUT2D eigenvalue weighted by Crippen LogP contribution is -2.41. The zero-order chi connectivity index (χ0) is 24.4. The summed E-state index contributed by atoms with van der Waals surface area (Å²) in [4.78, 5) is 18.8. The van der Waals surface area contributed by atoms with E-state index in [2.05, 4.69) is 19.9 Å². The van der Waals surface area contributed by atoms with Crippen molar-refractivity contribution in [1.82, 2.24) is 19.9 Å². The Labute approximate surface area is 200 Å². The maximum Gasteiger partial charge on any atom is 0.326 e. The number of nitrogens with two attached hydrogens (primary N) is 1. The van der Waals surface area contributed by atoms with Gasteiger partial charge in [0.05, 0.1) is 23.2 Å². The molecule has 2 fully saturated rings. The van der Waals surface area contributed by atoms with Gasteiger partial charge in [0.15, 0.2) is 11.6 Å². The lowest BCUT2D eigenvalue weighted by Gasteiger charge is -2.31. The largest absolute Gasteiger partial charge is 0.422 e. The van der Waals surface area contributed by atoms with Crippen molar-refractivity contribution in [3.05, 3.63) is 47.3 Å². The molecule has 8 nitrogen and oxygen atoms in total. The molecule has 1 aromatic carbocycles. The zero-order valence-electron chi connectivity index (χ0n) is 19.4. The van der Waals surface area contributed by atoms with Crippen LogP contribution < -0.4 is 15.4 Å². The average Bonchev–Trinajstić information content (AvgIpc) is 3.49. The molecule has 182 valence electrons. The van der Waals surface area contributed by atoms with E-state index >= 15 is 0 Å². The first-order chi connectivity index (χ1) is 16.8. The van der Waals surface area contributed by atoms with Crippen LogP contribution in [0.3, 0.4) is 0 Å². The summed E-state index contributed by atoms with van der Waals surface area (Å²) in [7, 11) is 0. The number of hydrogen-bond acceptors (Lipinski definition) is 7. The molecule has 1 saturated carbocycles. The summed E-state index contributed by atoms with van der Waals surface area (Å²) < 4.78 is 34.7. The van der Waals surface area contributed by atoms with Crippen LogP contribution in [0.15, 0.2) is 24.4 Å². The number of aromatic amines is 1. The molecule has 0 radical (unpaired) electrons. The highest BCUT2D eigenvalue weighted by Gasteiger charge is 2.44. The van der Waals surface area contributed by atoms with Gasteiger partial charge in [0.25, 0.3) is 0 Å². The Bertz CT molecular complexity index is 1450. The van der Waals surface area contributed by atoms with Gasteiger partial charge in [-0.15, -0.1) is 0 Å². The SMILES string of the molecule is CCc1cc(F)cc2c1[nH]c1nc(Oc3cnc(C(C)O)c(F)c3)nc(N3C[C@H]4C[C@@H]3C[C@H]4N)c12. The number of halogens is 2. The van der Waals surface area contributed by atoms with Crippen molar-refractivity contribution in [1.29, 1.82) is 0 Å². The van der Waals surface area contributed by atoms with Gasteiger partial charge in [0, 0.05) is 30.1 Å². The van der Waals surface area contributed by atoms with E-state index in [1.165, 1.54) is 25.3 Å². The fourth-order valence-electron chi connectivity index (χ4n) is 5.58. The second kappa shape index (κ2) is 8.10. The molecule has 0 amide bonds. The summed E-state index contributed by atoms with van der Waals surface area (Å²) in [5.74, 6) is 0.134. The second-order valence-electron chi connectivity index (χ2n) is 9.54. The minimum Gasteiger partial charge on any atom is -0.422 e. The normalized spacial score (nSPS) is 22.5. The Morgan fingerprint density at radius 2 is 2.09 bits per heavy atom. The van der Waals surface area contributed by atoms with Crippen LogP contribution >= 0.6 is 0 Å². The number of H-pyrrole nitrogens is 1. The van der Waals surface area contributed by atoms with Crippen molar-refractivity contribution in [3.63, 3.8) is 0 Å². The summed E-state index contributed by atoms with van der Waals surface area (Å²) in [5, 5.41) is 11.1. The van der Waals surface area contributed by atoms with Crippen molar-refractivity contribution in [2.75, 3.05) is 11.4 Å². The predicted molar refractivity (Wildman–Crippen MR) is 127 cm³/mol. The third kappa shape index (κ3) is 3.59. The molecular formula is C25H26F2N6O2. The first kappa shape index (κ1) is 22.1. The molecule has 1 unspecified atom stereocenters. The van der Waals surface area contributed by atoms with Gasteiger partial charge < -0.3 is 25.5 Å². The Morgan fingerprint density at radius 3 is 2.74 bits per heavy atom. The van der Waals surface area contributed by atoms with Gasteiger partial charge in [-0.1, -0.05) is 6.92 Å². The number of ether oxygens (including phenoxy) is 1. The Kier molecular flexibility index (Phi) is 5.12. The van der Waals surface area contributed by atoms with Crippen molar-refractivity contribution < 1.29 is 18.6 Å². The van der Waals surface area contributed by atoms with Crippen LogP contribution in [0.4, 0.5) is 14.6 Å². The molecule has 6 rings (SSSR count). The maximum absolute atomic E-state index is 14.5. The van der Waals surface area contributed by atoms with E-state index in [1.54, 1.807) is 0 Å². The topological polar surface area (TPSA) is 113 Å². The van der Waals surface area contributed by atoms with Gasteiger partial charge in [0.2, 0.25) is 0 Å². The molecule has 3 aromatic heterocycles. The number of rotatable bonds is 5. The summed E-state index contributed by atoms with van der Waals surface area (Å²) in [6, 6.07) is 4.60. The van der Waals surface area contributed by atoms with Crippen LogP contribution in [-0.4, -0.2) is 43.7 Å². The highest BCUT2D eigenvalue weighted by Crippen LogP contribution is 2.43. The van der Waals surface area contributed by atoms with E-state index in [9.17, 15) is 13.9 Å². The van der Waals surface area contributed by atoms with Crippen LogP contribution in [0.2, 0.25) is 0 Å². The van der Waals surface area contributed by atoms with Gasteiger partial charge in [-0.05, 0) is 49.8 Å². The molecule has 4 heterocycles. The first-order valence-corrected chi connectivity index (χ1v) is 11.9. The summed E-state index contributed by atoms with van der Waals surface area (Å²) in [5.41, 5.74) is 8.39. The minimum absolute atomic E-state index is 0.0237. The van der Waals surface area contributed by atoms with Crippen LogP contribution in [0.1, 0.15) is 44.1 Å². The van der Waals surface area contributed by atoms with Crippen LogP contribution in [0, 0.1) is 17.6 Å². The van der Waals surface area contributed by atoms with Crippen molar-refractivity contribution >= 4 is 27.8 Å². The number of aliphatic hydroxyl groups excluding tert-OH is 1. The molecule has 4 aromatic rings. The van der Waals surface area contributed by atoms with Crippen molar-refractivity contribution in [2.24, 2.45) is 11.7 Å². The predicted octanol–water partition coefficient (Wildman–Crippen LogP) is 4.12. The van der Waals surface area contributed by atoms with E-state index in [0.717, 1.165) is 47.3 Å². The Hall–Kier alpha value is -3.37. The number of nitrogens with zero attached hydrogens (tertiary/aromatic N) is 4. The number of benzene rings is 1. The standard InChI is InChI=1S/C25H26F2N6O2/c1-3-12-4-14(26)6-17-20-23(30-22(12)17)31-25(35-16-8-18(27)21(11(2)34)29-9-16)32-24(20)33-10-13-5-15(33)7-19(13)28/h4,6,8-9,11,13,15,19,34H,3,5,7,10,28H2,1-2H3,(H,30,31,32)/t11?,13-,15-,19-/m1/s1. The van der Waals surface area contributed by atoms with Crippen LogP contribution in [-0.2, 0) is 6.42 Å².